The highest BCUT2D eigenvalue weighted by molar-refractivity contribution is 5.50. The highest BCUT2D eigenvalue weighted by atomic mass is 16.3. The van der Waals surface area contributed by atoms with Crippen molar-refractivity contribution >= 4 is 5.69 Å². The van der Waals surface area contributed by atoms with Gasteiger partial charge < -0.3 is 15.3 Å². The molecule has 1 heterocycles. The van der Waals surface area contributed by atoms with Crippen molar-refractivity contribution in [3.63, 3.8) is 0 Å². The Labute approximate surface area is 108 Å². The predicted octanol–water partition coefficient (Wildman–Crippen LogP) is 1.11. The molecule has 4 heteroatoms. The molecule has 0 aliphatic carbocycles. The molecule has 2 rings (SSSR count). The van der Waals surface area contributed by atoms with Gasteiger partial charge in [0.1, 0.15) is 0 Å². The summed E-state index contributed by atoms with van der Waals surface area (Å²) in [6.45, 7) is 5.99. The number of nitrogens with zero attached hydrogens (tertiary/aromatic N) is 2. The standard InChI is InChI=1S/C14H19N3O/c1-11-8-17(10-14(2,18)9-16-11)13-5-3-12(7-15)4-6-13/h3-6,11,16,18H,8-10H2,1-2H3. The number of aliphatic hydroxyl groups is 1. The minimum atomic E-state index is -0.737. The van der Waals surface area contributed by atoms with Gasteiger partial charge in [-0.3, -0.25) is 0 Å². The molecule has 0 bridgehead atoms. The zero-order valence-corrected chi connectivity index (χ0v) is 10.8. The van der Waals surface area contributed by atoms with Crippen LogP contribution in [0.25, 0.3) is 0 Å². The second-order valence-corrected chi connectivity index (χ2v) is 5.32. The summed E-state index contributed by atoms with van der Waals surface area (Å²) in [6, 6.07) is 9.94. The van der Waals surface area contributed by atoms with Gasteiger partial charge in [-0.15, -0.1) is 0 Å². The van der Waals surface area contributed by atoms with Gasteiger partial charge in [0, 0.05) is 31.4 Å². The van der Waals surface area contributed by atoms with Crippen LogP contribution in [0.2, 0.25) is 0 Å². The smallest absolute Gasteiger partial charge is 0.0991 e. The summed E-state index contributed by atoms with van der Waals surface area (Å²) in [5.74, 6) is 0. The Hall–Kier alpha value is -1.57. The zero-order valence-electron chi connectivity index (χ0n) is 10.8. The van der Waals surface area contributed by atoms with Crippen molar-refractivity contribution in [3.05, 3.63) is 29.8 Å². The summed E-state index contributed by atoms with van der Waals surface area (Å²) in [6.07, 6.45) is 0. The van der Waals surface area contributed by atoms with Crippen molar-refractivity contribution in [1.82, 2.24) is 5.32 Å². The first-order valence-corrected chi connectivity index (χ1v) is 6.21. The van der Waals surface area contributed by atoms with E-state index in [-0.39, 0.29) is 0 Å². The third-order valence-corrected chi connectivity index (χ3v) is 3.22. The summed E-state index contributed by atoms with van der Waals surface area (Å²) in [7, 11) is 0. The molecule has 4 nitrogen and oxygen atoms in total. The SMILES string of the molecule is CC1CN(c2ccc(C#N)cc2)CC(C)(O)CN1. The maximum atomic E-state index is 10.2. The molecule has 2 atom stereocenters. The molecule has 0 aromatic heterocycles. The zero-order chi connectivity index (χ0) is 13.2. The Bertz CT molecular complexity index is 447. The summed E-state index contributed by atoms with van der Waals surface area (Å²) < 4.78 is 0. The minimum absolute atomic E-state index is 0.328. The number of β-amino-alcohol motifs (C(OH)–C–C–N with tert-alkyl or cyclic N) is 1. The quantitative estimate of drug-likeness (QED) is 0.778. The molecule has 0 amide bonds. The van der Waals surface area contributed by atoms with E-state index in [4.69, 9.17) is 5.26 Å². The first-order chi connectivity index (χ1) is 8.50. The third kappa shape index (κ3) is 3.00. The monoisotopic (exact) mass is 245 g/mol. The van der Waals surface area contributed by atoms with Crippen LogP contribution in [0.15, 0.2) is 24.3 Å². The molecule has 0 radical (unpaired) electrons. The fourth-order valence-electron chi connectivity index (χ4n) is 2.26. The van der Waals surface area contributed by atoms with E-state index >= 15 is 0 Å². The molecule has 1 aromatic rings. The van der Waals surface area contributed by atoms with Crippen molar-refractivity contribution in [1.29, 1.82) is 5.26 Å². The molecule has 18 heavy (non-hydrogen) atoms. The van der Waals surface area contributed by atoms with Crippen molar-refractivity contribution < 1.29 is 5.11 Å². The lowest BCUT2D eigenvalue weighted by Gasteiger charge is -2.30. The first kappa shape index (κ1) is 12.9. The molecule has 1 fully saturated rings. The number of nitrogens with one attached hydrogen (secondary N) is 1. The van der Waals surface area contributed by atoms with E-state index < -0.39 is 5.60 Å². The lowest BCUT2D eigenvalue weighted by atomic mass is 10.1. The summed E-state index contributed by atoms with van der Waals surface area (Å²) in [5.41, 5.74) is 0.967. The second kappa shape index (κ2) is 4.97. The maximum absolute atomic E-state index is 10.2. The van der Waals surface area contributed by atoms with E-state index in [1.54, 1.807) is 0 Å². The summed E-state index contributed by atoms with van der Waals surface area (Å²) in [5, 5.41) is 22.4. The fourth-order valence-corrected chi connectivity index (χ4v) is 2.26. The highest BCUT2D eigenvalue weighted by Crippen LogP contribution is 2.20. The van der Waals surface area contributed by atoms with Gasteiger partial charge in [-0.05, 0) is 38.1 Å². The van der Waals surface area contributed by atoms with E-state index in [0.29, 0.717) is 24.7 Å². The van der Waals surface area contributed by atoms with Crippen LogP contribution < -0.4 is 10.2 Å². The Morgan fingerprint density at radius 3 is 2.72 bits per heavy atom. The van der Waals surface area contributed by atoms with E-state index in [1.807, 2.05) is 31.2 Å². The van der Waals surface area contributed by atoms with Crippen LogP contribution in [-0.2, 0) is 0 Å². The normalized spacial score (nSPS) is 28.6. The van der Waals surface area contributed by atoms with Gasteiger partial charge in [-0.25, -0.2) is 0 Å². The number of hydrogen-bond acceptors (Lipinski definition) is 4. The van der Waals surface area contributed by atoms with Crippen LogP contribution in [0.1, 0.15) is 19.4 Å². The largest absolute Gasteiger partial charge is 0.387 e. The van der Waals surface area contributed by atoms with E-state index in [9.17, 15) is 5.11 Å². The number of anilines is 1. The van der Waals surface area contributed by atoms with E-state index in [1.165, 1.54) is 0 Å². The maximum Gasteiger partial charge on any atom is 0.0991 e. The summed E-state index contributed by atoms with van der Waals surface area (Å²) >= 11 is 0. The average Bonchev–Trinajstić information content (AvgIpc) is 2.48. The number of nitriles is 1. The van der Waals surface area contributed by atoms with Crippen LogP contribution in [-0.4, -0.2) is 36.4 Å². The molecule has 96 valence electrons. The Kier molecular flexibility index (Phi) is 3.55. The van der Waals surface area contributed by atoms with Gasteiger partial charge in [0.05, 0.1) is 17.2 Å². The molecule has 0 spiro atoms. The molecule has 1 aromatic carbocycles. The van der Waals surface area contributed by atoms with Gasteiger partial charge in [-0.2, -0.15) is 5.26 Å². The molecular weight excluding hydrogens is 226 g/mol. The topological polar surface area (TPSA) is 59.3 Å². The van der Waals surface area contributed by atoms with Crippen LogP contribution in [0.4, 0.5) is 5.69 Å². The molecule has 2 unspecified atom stereocenters. The van der Waals surface area contributed by atoms with Crippen molar-refractivity contribution in [2.24, 2.45) is 0 Å². The van der Waals surface area contributed by atoms with Crippen LogP contribution in [0.5, 0.6) is 0 Å². The van der Waals surface area contributed by atoms with Crippen molar-refractivity contribution in [2.45, 2.75) is 25.5 Å². The fraction of sp³-hybridized carbons (Fsp3) is 0.500. The van der Waals surface area contributed by atoms with E-state index in [0.717, 1.165) is 12.2 Å². The predicted molar refractivity (Wildman–Crippen MR) is 71.5 cm³/mol. The highest BCUT2D eigenvalue weighted by Gasteiger charge is 2.29. The van der Waals surface area contributed by atoms with Crippen molar-refractivity contribution in [2.75, 3.05) is 24.5 Å². The van der Waals surface area contributed by atoms with Crippen LogP contribution >= 0.6 is 0 Å². The number of benzene rings is 1. The molecule has 1 aliphatic heterocycles. The lowest BCUT2D eigenvalue weighted by molar-refractivity contribution is 0.0718. The Balaban J connectivity index is 2.21. The minimum Gasteiger partial charge on any atom is -0.387 e. The van der Waals surface area contributed by atoms with E-state index in [2.05, 4.69) is 23.2 Å². The molecular formula is C14H19N3O. The molecule has 2 N–H and O–H groups in total. The van der Waals surface area contributed by atoms with Crippen LogP contribution in [0, 0.1) is 11.3 Å². The summed E-state index contributed by atoms with van der Waals surface area (Å²) in [4.78, 5) is 2.16. The lowest BCUT2D eigenvalue weighted by Crippen LogP contribution is -2.43. The van der Waals surface area contributed by atoms with Gasteiger partial charge in [0.15, 0.2) is 0 Å². The van der Waals surface area contributed by atoms with Crippen LogP contribution in [0.3, 0.4) is 0 Å². The number of rotatable bonds is 1. The Morgan fingerprint density at radius 2 is 2.11 bits per heavy atom. The Morgan fingerprint density at radius 1 is 1.44 bits per heavy atom. The molecule has 1 saturated heterocycles. The van der Waals surface area contributed by atoms with Crippen molar-refractivity contribution in [3.8, 4) is 6.07 Å². The average molecular weight is 245 g/mol. The number of hydrogen-bond donors (Lipinski definition) is 2. The van der Waals surface area contributed by atoms with Gasteiger partial charge >= 0.3 is 0 Å². The molecule has 1 aliphatic rings. The van der Waals surface area contributed by atoms with Gasteiger partial charge in [-0.1, -0.05) is 0 Å². The second-order valence-electron chi connectivity index (χ2n) is 5.32. The van der Waals surface area contributed by atoms with Gasteiger partial charge in [0.2, 0.25) is 0 Å². The van der Waals surface area contributed by atoms with Gasteiger partial charge in [0.25, 0.3) is 0 Å². The first-order valence-electron chi connectivity index (χ1n) is 6.21. The molecule has 0 saturated carbocycles. The third-order valence-electron chi connectivity index (χ3n) is 3.22.